The van der Waals surface area contributed by atoms with Gasteiger partial charge in [-0.05, 0) is 25.7 Å². The Balaban J connectivity index is -0.00000760. The number of esters is 2. The first kappa shape index (κ1) is 46.7. The first-order chi connectivity index (χ1) is 19.6. The third-order valence-electron chi connectivity index (χ3n) is 8.27. The number of hydrogen-bond acceptors (Lipinski definition) is 4. The van der Waals surface area contributed by atoms with Crippen molar-refractivity contribution in [3.05, 3.63) is 0 Å². The maximum absolute atomic E-state index is 11.9. The zero-order valence-corrected chi connectivity index (χ0v) is 27.2. The zero-order chi connectivity index (χ0) is 29.4. The van der Waals surface area contributed by atoms with E-state index in [1.807, 2.05) is 0 Å². The first-order valence-corrected chi connectivity index (χ1v) is 18.0. The number of rotatable bonds is 32. The van der Waals surface area contributed by atoms with Gasteiger partial charge < -0.3 is 9.84 Å². The maximum atomic E-state index is 11.9. The van der Waals surface area contributed by atoms with Crippen LogP contribution >= 0.6 is 0 Å². The molecular formula is C36H72Li2O4. The summed E-state index contributed by atoms with van der Waals surface area (Å²) in [4.78, 5) is 23.8. The van der Waals surface area contributed by atoms with Crippen LogP contribution in [0.4, 0.5) is 0 Å². The fourth-order valence-electron chi connectivity index (χ4n) is 5.53. The van der Waals surface area contributed by atoms with Gasteiger partial charge in [0.25, 0.3) is 0 Å². The van der Waals surface area contributed by atoms with E-state index < -0.39 is 0 Å². The molecule has 4 nitrogen and oxygen atoms in total. The van der Waals surface area contributed by atoms with Crippen molar-refractivity contribution in [3.63, 3.8) is 0 Å². The van der Waals surface area contributed by atoms with Crippen LogP contribution in [-0.4, -0.2) is 60.9 Å². The SMILES string of the molecule is CCCCCCCCCCCCCCCCCC(=O)OC(=O)CCCCCCCCCCC(O)CCCCCC.[LiH].[LiH]. The van der Waals surface area contributed by atoms with Gasteiger partial charge in [0, 0.05) is 12.8 Å². The van der Waals surface area contributed by atoms with Gasteiger partial charge in [-0.1, -0.05) is 174 Å². The van der Waals surface area contributed by atoms with Crippen LogP contribution < -0.4 is 0 Å². The second kappa shape index (κ2) is 39.3. The second-order valence-corrected chi connectivity index (χ2v) is 12.4. The molecule has 1 atom stereocenters. The van der Waals surface area contributed by atoms with Gasteiger partial charge in [-0.25, -0.2) is 0 Å². The van der Waals surface area contributed by atoms with Crippen molar-refractivity contribution in [2.24, 2.45) is 0 Å². The Bertz CT molecular complexity index is 544. The Morgan fingerprint density at radius 3 is 0.976 bits per heavy atom. The molecular weight excluding hydrogens is 510 g/mol. The fourth-order valence-corrected chi connectivity index (χ4v) is 5.53. The van der Waals surface area contributed by atoms with Crippen molar-refractivity contribution in [1.29, 1.82) is 0 Å². The molecule has 0 heterocycles. The van der Waals surface area contributed by atoms with Crippen LogP contribution in [0, 0.1) is 0 Å². The van der Waals surface area contributed by atoms with E-state index >= 15 is 0 Å². The summed E-state index contributed by atoms with van der Waals surface area (Å²) in [6.07, 6.45) is 36.0. The van der Waals surface area contributed by atoms with E-state index in [4.69, 9.17) is 4.74 Å². The van der Waals surface area contributed by atoms with Crippen LogP contribution in [0.5, 0.6) is 0 Å². The average molecular weight is 583 g/mol. The third kappa shape index (κ3) is 38.3. The molecule has 1 unspecified atom stereocenters. The summed E-state index contributed by atoms with van der Waals surface area (Å²) in [6.45, 7) is 4.49. The minimum atomic E-state index is -0.348. The molecule has 0 aromatic rings. The first-order valence-electron chi connectivity index (χ1n) is 18.0. The molecule has 0 radical (unpaired) electrons. The van der Waals surface area contributed by atoms with Gasteiger partial charge >= 0.3 is 49.7 Å². The third-order valence-corrected chi connectivity index (χ3v) is 8.27. The summed E-state index contributed by atoms with van der Waals surface area (Å²) in [5.74, 6) is -0.690. The summed E-state index contributed by atoms with van der Waals surface area (Å²) in [5.41, 5.74) is 0. The topological polar surface area (TPSA) is 63.6 Å². The van der Waals surface area contributed by atoms with E-state index in [0.29, 0.717) is 12.8 Å². The molecule has 0 saturated carbocycles. The number of aliphatic hydroxyl groups excluding tert-OH is 1. The van der Waals surface area contributed by atoms with Crippen molar-refractivity contribution in [2.75, 3.05) is 0 Å². The van der Waals surface area contributed by atoms with E-state index in [-0.39, 0.29) is 55.8 Å². The van der Waals surface area contributed by atoms with Gasteiger partial charge in [0.1, 0.15) is 0 Å². The van der Waals surface area contributed by atoms with Crippen LogP contribution in [-0.2, 0) is 14.3 Å². The minimum absolute atomic E-state index is 0. The molecule has 0 spiro atoms. The normalized spacial score (nSPS) is 11.5. The fraction of sp³-hybridized carbons (Fsp3) is 0.944. The number of aliphatic hydroxyl groups is 1. The van der Waals surface area contributed by atoms with Crippen molar-refractivity contribution in [2.45, 2.75) is 219 Å². The van der Waals surface area contributed by atoms with Crippen LogP contribution in [0.2, 0.25) is 0 Å². The van der Waals surface area contributed by atoms with Gasteiger partial charge in [-0.2, -0.15) is 0 Å². The number of hydrogen-bond donors (Lipinski definition) is 1. The summed E-state index contributed by atoms with van der Waals surface area (Å²) in [7, 11) is 0. The Kier molecular flexibility index (Phi) is 43.7. The predicted octanol–water partition coefficient (Wildman–Crippen LogP) is 10.3. The van der Waals surface area contributed by atoms with Crippen LogP contribution in [0.1, 0.15) is 213 Å². The van der Waals surface area contributed by atoms with Gasteiger partial charge in [0.2, 0.25) is 0 Å². The van der Waals surface area contributed by atoms with E-state index in [9.17, 15) is 14.7 Å². The Hall–Kier alpha value is 0.295. The van der Waals surface area contributed by atoms with Crippen molar-refractivity contribution in [3.8, 4) is 0 Å². The van der Waals surface area contributed by atoms with Gasteiger partial charge in [0.15, 0.2) is 0 Å². The second-order valence-electron chi connectivity index (χ2n) is 12.4. The summed E-state index contributed by atoms with van der Waals surface area (Å²) in [6, 6.07) is 0. The van der Waals surface area contributed by atoms with Gasteiger partial charge in [0.05, 0.1) is 6.10 Å². The number of unbranched alkanes of at least 4 members (excludes halogenated alkanes) is 24. The van der Waals surface area contributed by atoms with Crippen LogP contribution in [0.3, 0.4) is 0 Å². The zero-order valence-electron chi connectivity index (χ0n) is 27.2. The van der Waals surface area contributed by atoms with E-state index in [1.54, 1.807) is 0 Å². The number of ether oxygens (including phenoxy) is 1. The average Bonchev–Trinajstić information content (AvgIpc) is 2.94. The standard InChI is InChI=1S/C36H70O4.2Li.2H/c1-3-5-7-9-10-11-12-13-14-15-16-17-21-24-28-32-35(38)40-36(39)33-29-25-22-19-18-20-23-27-31-34(37)30-26-8-6-4-2;;;;/h34,37H,3-33H2,1-2H3;;;;. The van der Waals surface area contributed by atoms with Crippen molar-refractivity contribution in [1.82, 2.24) is 0 Å². The quantitative estimate of drug-likeness (QED) is 0.0371. The molecule has 0 saturated heterocycles. The molecule has 0 fully saturated rings. The van der Waals surface area contributed by atoms with E-state index in [1.165, 1.54) is 128 Å². The predicted molar refractivity (Wildman–Crippen MR) is 186 cm³/mol. The molecule has 0 aliphatic rings. The summed E-state index contributed by atoms with van der Waals surface area (Å²) in [5, 5.41) is 10.0. The van der Waals surface area contributed by atoms with Crippen LogP contribution in [0.25, 0.3) is 0 Å². The number of carbonyl (C=O) groups excluding carboxylic acids is 2. The Morgan fingerprint density at radius 1 is 0.429 bits per heavy atom. The Labute approximate surface area is 286 Å². The molecule has 0 aliphatic carbocycles. The molecule has 0 aromatic heterocycles. The molecule has 6 heteroatoms. The molecule has 0 aromatic carbocycles. The van der Waals surface area contributed by atoms with E-state index in [2.05, 4.69) is 13.8 Å². The molecule has 1 N–H and O–H groups in total. The Morgan fingerprint density at radius 2 is 0.667 bits per heavy atom. The molecule has 0 aliphatic heterocycles. The van der Waals surface area contributed by atoms with Gasteiger partial charge in [-0.15, -0.1) is 0 Å². The number of carbonyl (C=O) groups is 2. The molecule has 42 heavy (non-hydrogen) atoms. The van der Waals surface area contributed by atoms with Crippen molar-refractivity contribution < 1.29 is 19.4 Å². The summed E-state index contributed by atoms with van der Waals surface area (Å²) >= 11 is 0. The van der Waals surface area contributed by atoms with E-state index in [0.717, 1.165) is 57.8 Å². The molecule has 0 bridgehead atoms. The van der Waals surface area contributed by atoms with Crippen LogP contribution in [0.15, 0.2) is 0 Å². The van der Waals surface area contributed by atoms with Crippen molar-refractivity contribution >= 4 is 49.7 Å². The molecule has 242 valence electrons. The molecule has 0 rings (SSSR count). The monoisotopic (exact) mass is 583 g/mol. The van der Waals surface area contributed by atoms with Gasteiger partial charge in [-0.3, -0.25) is 9.59 Å². The summed E-state index contributed by atoms with van der Waals surface area (Å²) < 4.78 is 5.00. The molecule has 0 amide bonds.